The Kier molecular flexibility index (Phi) is 3.56. The van der Waals surface area contributed by atoms with E-state index >= 15 is 0 Å². The summed E-state index contributed by atoms with van der Waals surface area (Å²) in [6, 6.07) is 0. The minimum atomic E-state index is 0.433. The molecule has 0 spiro atoms. The summed E-state index contributed by atoms with van der Waals surface area (Å²) in [5.41, 5.74) is 0. The summed E-state index contributed by atoms with van der Waals surface area (Å²) >= 11 is 2.10. The van der Waals surface area contributed by atoms with Crippen LogP contribution in [0.3, 0.4) is 0 Å². The maximum atomic E-state index is 9.43. The third-order valence-electron chi connectivity index (χ3n) is 3.66. The highest BCUT2D eigenvalue weighted by molar-refractivity contribution is 8.00. The van der Waals surface area contributed by atoms with Gasteiger partial charge in [-0.1, -0.05) is 25.7 Å². The molecule has 0 aromatic carbocycles. The van der Waals surface area contributed by atoms with E-state index in [1.807, 2.05) is 0 Å². The van der Waals surface area contributed by atoms with Crippen LogP contribution >= 0.6 is 11.8 Å². The van der Waals surface area contributed by atoms with Crippen molar-refractivity contribution >= 4 is 11.8 Å². The lowest BCUT2D eigenvalue weighted by atomic mass is 9.87. The van der Waals surface area contributed by atoms with E-state index in [9.17, 15) is 5.11 Å². The van der Waals surface area contributed by atoms with E-state index < -0.39 is 0 Å². The van der Waals surface area contributed by atoms with E-state index in [0.717, 1.165) is 11.2 Å². The van der Waals surface area contributed by atoms with Crippen molar-refractivity contribution in [2.45, 2.75) is 43.8 Å². The molecule has 0 bridgehead atoms. The Hall–Kier alpha value is 0.310. The molecular formula is C11H20OS. The van der Waals surface area contributed by atoms with Gasteiger partial charge in [0.1, 0.15) is 0 Å². The topological polar surface area (TPSA) is 20.2 Å². The minimum absolute atomic E-state index is 0.433. The van der Waals surface area contributed by atoms with Gasteiger partial charge in [0.25, 0.3) is 0 Å². The molecule has 2 unspecified atom stereocenters. The largest absolute Gasteiger partial charge is 0.396 e. The first-order valence-corrected chi connectivity index (χ1v) is 6.69. The molecule has 13 heavy (non-hydrogen) atoms. The van der Waals surface area contributed by atoms with Gasteiger partial charge in [0.2, 0.25) is 0 Å². The zero-order valence-corrected chi connectivity index (χ0v) is 9.06. The summed E-state index contributed by atoms with van der Waals surface area (Å²) in [6.07, 6.45) is 8.28. The van der Waals surface area contributed by atoms with E-state index in [1.54, 1.807) is 0 Å². The second-order valence-corrected chi connectivity index (χ2v) is 5.79. The van der Waals surface area contributed by atoms with Crippen molar-refractivity contribution in [1.82, 2.24) is 0 Å². The molecule has 1 aliphatic heterocycles. The van der Waals surface area contributed by atoms with E-state index in [-0.39, 0.29) is 0 Å². The summed E-state index contributed by atoms with van der Waals surface area (Å²) in [6.45, 7) is 0.433. The van der Waals surface area contributed by atoms with Crippen LogP contribution in [0.2, 0.25) is 0 Å². The van der Waals surface area contributed by atoms with Crippen LogP contribution in [0.25, 0.3) is 0 Å². The van der Waals surface area contributed by atoms with Crippen LogP contribution < -0.4 is 0 Å². The quantitative estimate of drug-likeness (QED) is 0.756. The van der Waals surface area contributed by atoms with Crippen LogP contribution in [-0.2, 0) is 0 Å². The summed E-state index contributed by atoms with van der Waals surface area (Å²) in [5.74, 6) is 2.80. The summed E-state index contributed by atoms with van der Waals surface area (Å²) in [7, 11) is 0. The first-order valence-electron chi connectivity index (χ1n) is 5.64. The second-order valence-electron chi connectivity index (χ2n) is 4.44. The van der Waals surface area contributed by atoms with Crippen molar-refractivity contribution in [2.24, 2.45) is 11.8 Å². The Bertz CT molecular complexity index is 132. The van der Waals surface area contributed by atoms with E-state index in [0.29, 0.717) is 12.5 Å². The summed E-state index contributed by atoms with van der Waals surface area (Å²) < 4.78 is 0. The van der Waals surface area contributed by atoms with Crippen LogP contribution in [0.5, 0.6) is 0 Å². The van der Waals surface area contributed by atoms with Gasteiger partial charge in [-0.3, -0.25) is 0 Å². The average molecular weight is 200 g/mol. The van der Waals surface area contributed by atoms with Gasteiger partial charge in [-0.15, -0.1) is 0 Å². The van der Waals surface area contributed by atoms with Gasteiger partial charge in [0.15, 0.2) is 0 Å². The molecule has 1 heterocycles. The first-order chi connectivity index (χ1) is 6.42. The lowest BCUT2D eigenvalue weighted by Gasteiger charge is -2.26. The predicted molar refractivity (Wildman–Crippen MR) is 58.0 cm³/mol. The van der Waals surface area contributed by atoms with E-state index in [4.69, 9.17) is 0 Å². The van der Waals surface area contributed by atoms with Gasteiger partial charge in [-0.2, -0.15) is 11.8 Å². The van der Waals surface area contributed by atoms with Gasteiger partial charge in [-0.05, 0) is 30.4 Å². The molecule has 2 rings (SSSR count). The smallest absolute Gasteiger partial charge is 0.0472 e. The van der Waals surface area contributed by atoms with Gasteiger partial charge in [0, 0.05) is 11.9 Å². The van der Waals surface area contributed by atoms with Crippen LogP contribution in [0, 0.1) is 11.8 Å². The molecule has 2 atom stereocenters. The third kappa shape index (κ3) is 2.21. The normalized spacial score (nSPS) is 32.5. The highest BCUT2D eigenvalue weighted by Gasteiger charge is 2.32. The number of hydrogen-bond acceptors (Lipinski definition) is 2. The standard InChI is InChI=1S/C11H20OS/c12-8-10(9-4-1-2-5-9)11-6-3-7-13-11/h9-12H,1-8H2. The average Bonchev–Trinajstić information content (AvgIpc) is 2.76. The van der Waals surface area contributed by atoms with Crippen LogP contribution in [0.4, 0.5) is 0 Å². The fraction of sp³-hybridized carbons (Fsp3) is 1.00. The highest BCUT2D eigenvalue weighted by Crippen LogP contribution is 2.41. The molecule has 76 valence electrons. The Morgan fingerprint density at radius 2 is 1.92 bits per heavy atom. The predicted octanol–water partition coefficient (Wildman–Crippen LogP) is 2.68. The molecule has 1 N–H and O–H groups in total. The van der Waals surface area contributed by atoms with Crippen molar-refractivity contribution in [3.05, 3.63) is 0 Å². The molecule has 1 saturated carbocycles. The first kappa shape index (κ1) is 9.85. The maximum absolute atomic E-state index is 9.43. The Labute approximate surface area is 85.3 Å². The molecule has 0 amide bonds. The molecule has 1 aliphatic carbocycles. The molecule has 0 radical (unpaired) electrons. The minimum Gasteiger partial charge on any atom is -0.396 e. The zero-order chi connectivity index (χ0) is 9.10. The van der Waals surface area contributed by atoms with E-state index in [2.05, 4.69) is 11.8 Å². The monoisotopic (exact) mass is 200 g/mol. The molecule has 1 nitrogen and oxygen atoms in total. The third-order valence-corrected chi connectivity index (χ3v) is 5.20. The molecule has 2 heteroatoms. The Morgan fingerprint density at radius 3 is 2.46 bits per heavy atom. The SMILES string of the molecule is OCC(C1CCCC1)C1CCCS1. The lowest BCUT2D eigenvalue weighted by molar-refractivity contribution is 0.172. The fourth-order valence-corrected chi connectivity index (χ4v) is 4.42. The molecule has 1 saturated heterocycles. The summed E-state index contributed by atoms with van der Waals surface area (Å²) in [5, 5.41) is 10.2. The zero-order valence-electron chi connectivity index (χ0n) is 8.24. The molecule has 0 aromatic heterocycles. The van der Waals surface area contributed by atoms with Gasteiger partial charge < -0.3 is 5.11 Å². The molecular weight excluding hydrogens is 180 g/mol. The Balaban J connectivity index is 1.90. The summed E-state index contributed by atoms with van der Waals surface area (Å²) in [4.78, 5) is 0. The Morgan fingerprint density at radius 1 is 1.15 bits per heavy atom. The number of rotatable bonds is 3. The van der Waals surface area contributed by atoms with Crippen molar-refractivity contribution in [3.8, 4) is 0 Å². The van der Waals surface area contributed by atoms with Crippen molar-refractivity contribution in [1.29, 1.82) is 0 Å². The van der Waals surface area contributed by atoms with Crippen molar-refractivity contribution < 1.29 is 5.11 Å². The number of hydrogen-bond donors (Lipinski definition) is 1. The van der Waals surface area contributed by atoms with Gasteiger partial charge in [-0.25, -0.2) is 0 Å². The molecule has 2 aliphatic rings. The van der Waals surface area contributed by atoms with Crippen LogP contribution in [0.15, 0.2) is 0 Å². The number of aliphatic hydroxyl groups is 1. The highest BCUT2D eigenvalue weighted by atomic mass is 32.2. The van der Waals surface area contributed by atoms with E-state index in [1.165, 1.54) is 44.3 Å². The van der Waals surface area contributed by atoms with Crippen LogP contribution in [0.1, 0.15) is 38.5 Å². The molecule has 0 aromatic rings. The van der Waals surface area contributed by atoms with Crippen LogP contribution in [-0.4, -0.2) is 22.7 Å². The van der Waals surface area contributed by atoms with Crippen molar-refractivity contribution in [2.75, 3.05) is 12.4 Å². The second kappa shape index (κ2) is 4.70. The molecule has 2 fully saturated rings. The number of aliphatic hydroxyl groups excluding tert-OH is 1. The lowest BCUT2D eigenvalue weighted by Crippen LogP contribution is -2.25. The maximum Gasteiger partial charge on any atom is 0.0472 e. The van der Waals surface area contributed by atoms with Gasteiger partial charge >= 0.3 is 0 Å². The van der Waals surface area contributed by atoms with Crippen molar-refractivity contribution in [3.63, 3.8) is 0 Å². The van der Waals surface area contributed by atoms with Gasteiger partial charge in [0.05, 0.1) is 0 Å². The number of thioether (sulfide) groups is 1. The fourth-order valence-electron chi connectivity index (χ4n) is 2.90.